The van der Waals surface area contributed by atoms with Crippen LogP contribution in [0.4, 0.5) is 0 Å². The van der Waals surface area contributed by atoms with Crippen molar-refractivity contribution < 1.29 is 9.53 Å². The molecule has 4 heteroatoms. The molecule has 0 radical (unpaired) electrons. The lowest BCUT2D eigenvalue weighted by Gasteiger charge is -2.07. The lowest BCUT2D eigenvalue weighted by Crippen LogP contribution is -1.94. The summed E-state index contributed by atoms with van der Waals surface area (Å²) in [6.07, 6.45) is 0. The first kappa shape index (κ1) is 11.1. The van der Waals surface area contributed by atoms with Crippen molar-refractivity contribution in [2.45, 2.75) is 5.56 Å². The van der Waals surface area contributed by atoms with Crippen molar-refractivity contribution in [2.24, 2.45) is 0 Å². The number of H-pyrrole nitrogens is 1. The summed E-state index contributed by atoms with van der Waals surface area (Å²) in [6, 6.07) is 13.8. The van der Waals surface area contributed by atoms with Gasteiger partial charge < -0.3 is 9.72 Å². The van der Waals surface area contributed by atoms with Crippen LogP contribution in [0, 0.1) is 0 Å². The summed E-state index contributed by atoms with van der Waals surface area (Å²) in [6.45, 7) is 0.358. The number of hydrogen-bond acceptors (Lipinski definition) is 2. The summed E-state index contributed by atoms with van der Waals surface area (Å²) in [5, 5.41) is 2.20. The van der Waals surface area contributed by atoms with Gasteiger partial charge in [0.1, 0.15) is 0 Å². The second kappa shape index (κ2) is 4.35. The van der Waals surface area contributed by atoms with Gasteiger partial charge in [0.05, 0.1) is 0 Å². The van der Waals surface area contributed by atoms with Crippen molar-refractivity contribution in [2.75, 3.05) is 0 Å². The van der Waals surface area contributed by atoms with Crippen molar-refractivity contribution in [3.05, 3.63) is 48.0 Å². The summed E-state index contributed by atoms with van der Waals surface area (Å²) in [7, 11) is 0. The van der Waals surface area contributed by atoms with Gasteiger partial charge in [0, 0.05) is 27.4 Å². The molecule has 0 aliphatic rings. The normalized spacial score (nSPS) is 12.7. The molecule has 1 heterocycles. The average molecular weight is 260 g/mol. The minimum atomic E-state index is -0.749. The highest BCUT2D eigenvalue weighted by atomic mass is 35.5. The molecule has 1 aromatic heterocycles. The van der Waals surface area contributed by atoms with Gasteiger partial charge in [-0.25, -0.2) is 0 Å². The molecular formula is C14H10ClNO2. The van der Waals surface area contributed by atoms with Gasteiger partial charge in [-0.1, -0.05) is 35.9 Å². The van der Waals surface area contributed by atoms with Gasteiger partial charge in [0.2, 0.25) is 5.56 Å². The fraction of sp³-hybridized carbons (Fsp3) is 0.0714. The zero-order chi connectivity index (χ0) is 12.5. The number of ether oxygens (including phenoxy) is 1. The van der Waals surface area contributed by atoms with Gasteiger partial charge in [0.25, 0.3) is 6.47 Å². The third-order valence-electron chi connectivity index (χ3n) is 2.97. The molecule has 0 saturated carbocycles. The fourth-order valence-electron chi connectivity index (χ4n) is 2.13. The predicted molar refractivity (Wildman–Crippen MR) is 71.5 cm³/mol. The maximum atomic E-state index is 10.3. The van der Waals surface area contributed by atoms with Crippen LogP contribution in [0.5, 0.6) is 0 Å². The summed E-state index contributed by atoms with van der Waals surface area (Å²) >= 11 is 5.96. The minimum Gasteiger partial charge on any atom is -0.444 e. The number of halogens is 1. The van der Waals surface area contributed by atoms with Crippen LogP contribution in [0.2, 0.25) is 0 Å². The van der Waals surface area contributed by atoms with E-state index in [1.165, 1.54) is 0 Å². The van der Waals surface area contributed by atoms with E-state index in [1.807, 2.05) is 42.5 Å². The first-order chi connectivity index (χ1) is 8.79. The maximum absolute atomic E-state index is 10.3. The van der Waals surface area contributed by atoms with Crippen LogP contribution in [0.25, 0.3) is 21.8 Å². The molecule has 1 atom stereocenters. The van der Waals surface area contributed by atoms with E-state index in [0.29, 0.717) is 6.47 Å². The number of para-hydroxylation sites is 1. The highest BCUT2D eigenvalue weighted by Crippen LogP contribution is 2.29. The second-order valence-electron chi connectivity index (χ2n) is 4.02. The molecule has 0 fully saturated rings. The highest BCUT2D eigenvalue weighted by molar-refractivity contribution is 6.20. The maximum Gasteiger partial charge on any atom is 0.294 e. The number of carbonyl (C=O) groups excluding carboxylic acids is 1. The van der Waals surface area contributed by atoms with Crippen LogP contribution in [0.1, 0.15) is 11.1 Å². The summed E-state index contributed by atoms with van der Waals surface area (Å²) < 4.78 is 4.74. The Morgan fingerprint density at radius 1 is 1.11 bits per heavy atom. The van der Waals surface area contributed by atoms with Crippen molar-refractivity contribution in [1.29, 1.82) is 0 Å². The van der Waals surface area contributed by atoms with E-state index < -0.39 is 5.56 Å². The number of nitrogens with one attached hydrogen (secondary N) is 1. The third kappa shape index (κ3) is 1.73. The number of aromatic nitrogens is 1. The number of hydrogen-bond donors (Lipinski definition) is 1. The highest BCUT2D eigenvalue weighted by Gasteiger charge is 2.10. The Bertz CT molecular complexity index is 720. The van der Waals surface area contributed by atoms with Gasteiger partial charge >= 0.3 is 0 Å². The molecule has 3 nitrogen and oxygen atoms in total. The smallest absolute Gasteiger partial charge is 0.294 e. The fourth-order valence-corrected chi connectivity index (χ4v) is 2.31. The Morgan fingerprint density at radius 2 is 1.89 bits per heavy atom. The van der Waals surface area contributed by atoms with Gasteiger partial charge in [-0.3, -0.25) is 4.79 Å². The topological polar surface area (TPSA) is 42.1 Å². The zero-order valence-electron chi connectivity index (χ0n) is 9.39. The molecule has 1 N–H and O–H groups in total. The summed E-state index contributed by atoms with van der Waals surface area (Å²) in [4.78, 5) is 13.6. The molecule has 0 bridgehead atoms. The molecule has 90 valence electrons. The first-order valence-electron chi connectivity index (χ1n) is 5.53. The Balaban J connectivity index is 2.21. The lowest BCUT2D eigenvalue weighted by molar-refractivity contribution is -0.130. The Kier molecular flexibility index (Phi) is 2.68. The van der Waals surface area contributed by atoms with Crippen molar-refractivity contribution >= 4 is 39.9 Å². The lowest BCUT2D eigenvalue weighted by atomic mass is 10.1. The molecule has 1 unspecified atom stereocenters. The SMILES string of the molecule is O=COC(Cl)c1ccc2[nH]c3ccccc3c2c1. The van der Waals surface area contributed by atoms with Crippen LogP contribution < -0.4 is 0 Å². The quantitative estimate of drug-likeness (QED) is 0.575. The molecule has 18 heavy (non-hydrogen) atoms. The van der Waals surface area contributed by atoms with E-state index in [2.05, 4.69) is 4.98 Å². The monoisotopic (exact) mass is 259 g/mol. The van der Waals surface area contributed by atoms with Gasteiger partial charge in [0.15, 0.2) is 0 Å². The average Bonchev–Trinajstić information content (AvgIpc) is 2.76. The standard InChI is InChI=1S/C14H10ClNO2/c15-14(18-8-17)9-5-6-13-11(7-9)10-3-1-2-4-12(10)16-13/h1-8,14,16H. The Morgan fingerprint density at radius 3 is 2.72 bits per heavy atom. The van der Waals surface area contributed by atoms with E-state index in [1.54, 1.807) is 0 Å². The molecule has 3 aromatic rings. The summed E-state index contributed by atoms with van der Waals surface area (Å²) in [5.74, 6) is 0. The molecule has 3 rings (SSSR count). The number of fused-ring (bicyclic) bond motifs is 3. The van der Waals surface area contributed by atoms with E-state index in [4.69, 9.17) is 16.3 Å². The number of alkyl halides is 1. The number of rotatable bonds is 3. The second-order valence-corrected chi connectivity index (χ2v) is 4.42. The van der Waals surface area contributed by atoms with E-state index >= 15 is 0 Å². The van der Waals surface area contributed by atoms with Crippen LogP contribution in [-0.4, -0.2) is 11.5 Å². The van der Waals surface area contributed by atoms with Crippen LogP contribution >= 0.6 is 11.6 Å². The Hall–Kier alpha value is -2.00. The van der Waals surface area contributed by atoms with Crippen molar-refractivity contribution in [3.8, 4) is 0 Å². The number of aromatic amines is 1. The molecule has 2 aromatic carbocycles. The molecule has 0 saturated heterocycles. The number of carbonyl (C=O) groups is 1. The summed E-state index contributed by atoms with van der Waals surface area (Å²) in [5.41, 5.74) is 2.13. The Labute approximate surface area is 108 Å². The molecule has 0 aliphatic heterocycles. The van der Waals surface area contributed by atoms with Crippen LogP contribution in [0.15, 0.2) is 42.5 Å². The van der Waals surface area contributed by atoms with E-state index in [0.717, 1.165) is 27.4 Å². The van der Waals surface area contributed by atoms with Crippen molar-refractivity contribution in [3.63, 3.8) is 0 Å². The molecular weight excluding hydrogens is 250 g/mol. The first-order valence-corrected chi connectivity index (χ1v) is 5.97. The van der Waals surface area contributed by atoms with E-state index in [-0.39, 0.29) is 0 Å². The largest absolute Gasteiger partial charge is 0.444 e. The van der Waals surface area contributed by atoms with Crippen LogP contribution in [0.3, 0.4) is 0 Å². The van der Waals surface area contributed by atoms with Crippen LogP contribution in [-0.2, 0) is 9.53 Å². The minimum absolute atomic E-state index is 0.358. The number of benzene rings is 2. The van der Waals surface area contributed by atoms with Gasteiger partial charge in [-0.05, 0) is 18.2 Å². The molecule has 0 spiro atoms. The molecule has 0 aliphatic carbocycles. The van der Waals surface area contributed by atoms with E-state index in [9.17, 15) is 4.79 Å². The predicted octanol–water partition coefficient (Wildman–Crippen LogP) is 3.73. The zero-order valence-corrected chi connectivity index (χ0v) is 10.1. The molecule has 0 amide bonds. The van der Waals surface area contributed by atoms with Gasteiger partial charge in [-0.15, -0.1) is 0 Å². The third-order valence-corrected chi connectivity index (χ3v) is 3.32. The van der Waals surface area contributed by atoms with Gasteiger partial charge in [-0.2, -0.15) is 0 Å². The van der Waals surface area contributed by atoms with Crippen molar-refractivity contribution in [1.82, 2.24) is 4.98 Å².